The molecular weight excluding hydrogens is 458 g/mol. The van der Waals surface area contributed by atoms with Crippen molar-refractivity contribution < 1.29 is 19.4 Å². The van der Waals surface area contributed by atoms with Crippen LogP contribution in [0.2, 0.25) is 5.02 Å². The number of carbonyl (C=O) groups is 1. The van der Waals surface area contributed by atoms with Crippen LogP contribution < -0.4 is 4.74 Å². The third-order valence-corrected chi connectivity index (χ3v) is 8.09. The Labute approximate surface area is 204 Å². The lowest BCUT2D eigenvalue weighted by Crippen LogP contribution is -2.45. The first-order chi connectivity index (χ1) is 16.0. The number of hydrogen-bond donors (Lipinski definition) is 1. The zero-order valence-corrected chi connectivity index (χ0v) is 20.5. The molecule has 33 heavy (non-hydrogen) atoms. The Balaban J connectivity index is 1.47. The second kappa shape index (κ2) is 10.8. The van der Waals surface area contributed by atoms with Gasteiger partial charge in [0, 0.05) is 24.1 Å². The summed E-state index contributed by atoms with van der Waals surface area (Å²) in [5.74, 6) is 1.33. The van der Waals surface area contributed by atoms with Gasteiger partial charge in [-0.2, -0.15) is 0 Å². The topological polar surface area (TPSA) is 68.7 Å². The quantitative estimate of drug-likeness (QED) is 0.419. The molecule has 0 radical (unpaired) electrons. The van der Waals surface area contributed by atoms with E-state index in [4.69, 9.17) is 21.1 Å². The molecule has 2 heterocycles. The Morgan fingerprint density at radius 1 is 1.24 bits per heavy atom. The summed E-state index contributed by atoms with van der Waals surface area (Å²) in [7, 11) is 1.60. The zero-order chi connectivity index (χ0) is 23.3. The standard InChI is InChI=1S/C26H30ClNO4S/c1-31-23-10-9-18(16-21(23)27)11-13-26(19-6-2-3-7-19)17-22(29)24(25(30)32-26)33-15-12-20-8-4-5-14-28-20/h4-5,8-10,14,16,19,29H,2-3,6-7,11-13,15,17H2,1H3. The molecule has 1 unspecified atom stereocenters. The maximum absolute atomic E-state index is 13.1. The van der Waals surface area contributed by atoms with Gasteiger partial charge in [0.05, 0.1) is 12.1 Å². The summed E-state index contributed by atoms with van der Waals surface area (Å²) >= 11 is 7.66. The first kappa shape index (κ1) is 24.0. The van der Waals surface area contributed by atoms with Gasteiger partial charge in [0.1, 0.15) is 22.0 Å². The van der Waals surface area contributed by atoms with Crippen LogP contribution in [-0.4, -0.2) is 34.5 Å². The van der Waals surface area contributed by atoms with Crippen molar-refractivity contribution in [1.82, 2.24) is 4.98 Å². The molecule has 1 aromatic heterocycles. The molecule has 2 aromatic rings. The molecule has 1 aliphatic heterocycles. The number of thioether (sulfide) groups is 1. The van der Waals surface area contributed by atoms with Gasteiger partial charge in [-0.1, -0.05) is 36.6 Å². The van der Waals surface area contributed by atoms with Crippen molar-refractivity contribution in [2.75, 3.05) is 12.9 Å². The third-order valence-electron chi connectivity index (χ3n) is 6.69. The smallest absolute Gasteiger partial charge is 0.348 e. The average molecular weight is 488 g/mol. The number of nitrogens with zero attached hydrogens (tertiary/aromatic N) is 1. The maximum atomic E-state index is 13.1. The van der Waals surface area contributed by atoms with Crippen molar-refractivity contribution in [2.45, 2.75) is 57.0 Å². The van der Waals surface area contributed by atoms with Gasteiger partial charge in [0.15, 0.2) is 0 Å². The highest BCUT2D eigenvalue weighted by Gasteiger charge is 2.48. The van der Waals surface area contributed by atoms with Crippen LogP contribution in [0.3, 0.4) is 0 Å². The molecule has 1 atom stereocenters. The Hall–Kier alpha value is -2.18. The number of carbonyl (C=O) groups excluding carboxylic acids is 1. The summed E-state index contributed by atoms with van der Waals surface area (Å²) in [6.07, 6.45) is 8.53. The molecule has 1 aromatic carbocycles. The number of hydrogen-bond acceptors (Lipinski definition) is 6. The predicted molar refractivity (Wildman–Crippen MR) is 132 cm³/mol. The normalized spacial score (nSPS) is 21.3. The van der Waals surface area contributed by atoms with Gasteiger partial charge in [-0.25, -0.2) is 4.79 Å². The minimum Gasteiger partial charge on any atom is -0.511 e. The van der Waals surface area contributed by atoms with Crippen LogP contribution in [0.25, 0.3) is 0 Å². The number of aliphatic hydroxyl groups excluding tert-OH is 1. The summed E-state index contributed by atoms with van der Waals surface area (Å²) in [6, 6.07) is 11.6. The number of halogens is 1. The fourth-order valence-corrected chi connectivity index (χ4v) is 6.13. The summed E-state index contributed by atoms with van der Waals surface area (Å²) in [4.78, 5) is 17.7. The van der Waals surface area contributed by atoms with E-state index in [9.17, 15) is 9.90 Å². The van der Waals surface area contributed by atoms with Crippen LogP contribution in [0.4, 0.5) is 0 Å². The van der Waals surface area contributed by atoms with Crippen LogP contribution in [0.15, 0.2) is 53.3 Å². The summed E-state index contributed by atoms with van der Waals surface area (Å²) < 4.78 is 11.4. The lowest BCUT2D eigenvalue weighted by molar-refractivity contribution is -0.166. The van der Waals surface area contributed by atoms with E-state index in [1.54, 1.807) is 13.3 Å². The SMILES string of the molecule is COc1ccc(CCC2(C3CCCC3)CC(O)=C(SCCc3ccccn3)C(=O)O2)cc1Cl. The lowest BCUT2D eigenvalue weighted by Gasteiger charge is -2.41. The first-order valence-corrected chi connectivity index (χ1v) is 12.9. The van der Waals surface area contributed by atoms with Gasteiger partial charge in [0.25, 0.3) is 0 Å². The fourth-order valence-electron chi connectivity index (χ4n) is 4.94. The number of methoxy groups -OCH3 is 1. The molecule has 7 heteroatoms. The van der Waals surface area contributed by atoms with E-state index >= 15 is 0 Å². The Morgan fingerprint density at radius 2 is 2.06 bits per heavy atom. The van der Waals surface area contributed by atoms with E-state index in [1.807, 2.05) is 36.4 Å². The zero-order valence-electron chi connectivity index (χ0n) is 18.9. The third kappa shape index (κ3) is 5.67. The van der Waals surface area contributed by atoms with Crippen molar-refractivity contribution in [3.8, 4) is 5.75 Å². The van der Waals surface area contributed by atoms with Crippen molar-refractivity contribution in [1.29, 1.82) is 0 Å². The van der Waals surface area contributed by atoms with Gasteiger partial charge in [-0.15, -0.1) is 11.8 Å². The number of benzene rings is 1. The van der Waals surface area contributed by atoms with Crippen LogP contribution in [0.1, 0.15) is 49.8 Å². The molecule has 1 aliphatic carbocycles. The maximum Gasteiger partial charge on any atom is 0.348 e. The fraction of sp³-hybridized carbons (Fsp3) is 0.462. The van der Waals surface area contributed by atoms with E-state index in [0.29, 0.717) is 40.7 Å². The van der Waals surface area contributed by atoms with Crippen LogP contribution in [0.5, 0.6) is 5.75 Å². The molecule has 176 valence electrons. The lowest BCUT2D eigenvalue weighted by atomic mass is 9.77. The van der Waals surface area contributed by atoms with Crippen LogP contribution in [0, 0.1) is 5.92 Å². The number of aliphatic hydroxyl groups is 1. The first-order valence-electron chi connectivity index (χ1n) is 11.5. The molecule has 1 saturated carbocycles. The predicted octanol–water partition coefficient (Wildman–Crippen LogP) is 6.30. The molecule has 0 bridgehead atoms. The van der Waals surface area contributed by atoms with Crippen LogP contribution in [-0.2, 0) is 22.4 Å². The monoisotopic (exact) mass is 487 g/mol. The van der Waals surface area contributed by atoms with Gasteiger partial charge < -0.3 is 14.6 Å². The molecule has 5 nitrogen and oxygen atoms in total. The van der Waals surface area contributed by atoms with E-state index in [0.717, 1.165) is 43.4 Å². The van der Waals surface area contributed by atoms with E-state index < -0.39 is 11.6 Å². The van der Waals surface area contributed by atoms with Crippen LogP contribution >= 0.6 is 23.4 Å². The Kier molecular flexibility index (Phi) is 7.86. The molecule has 2 aliphatic rings. The van der Waals surface area contributed by atoms with E-state index in [1.165, 1.54) is 11.8 Å². The van der Waals surface area contributed by atoms with Crippen molar-refractivity contribution >= 4 is 29.3 Å². The minimum atomic E-state index is -0.672. The van der Waals surface area contributed by atoms with Gasteiger partial charge in [0.2, 0.25) is 0 Å². The van der Waals surface area contributed by atoms with E-state index in [2.05, 4.69) is 4.98 Å². The number of aryl methyl sites for hydroxylation is 2. The Bertz CT molecular complexity index is 1010. The molecule has 1 N–H and O–H groups in total. The summed E-state index contributed by atoms with van der Waals surface area (Å²) in [6.45, 7) is 0. The van der Waals surface area contributed by atoms with E-state index in [-0.39, 0.29) is 11.7 Å². The van der Waals surface area contributed by atoms with Crippen molar-refractivity contribution in [3.63, 3.8) is 0 Å². The number of cyclic esters (lactones) is 1. The number of pyridine rings is 1. The highest BCUT2D eigenvalue weighted by atomic mass is 35.5. The molecule has 1 fully saturated rings. The summed E-state index contributed by atoms with van der Waals surface area (Å²) in [5.41, 5.74) is 1.36. The second-order valence-corrected chi connectivity index (χ2v) is 10.3. The number of rotatable bonds is 9. The van der Waals surface area contributed by atoms with Crippen molar-refractivity contribution in [2.24, 2.45) is 5.92 Å². The molecule has 4 rings (SSSR count). The second-order valence-electron chi connectivity index (χ2n) is 8.78. The number of esters is 1. The molecule has 0 amide bonds. The highest BCUT2D eigenvalue weighted by molar-refractivity contribution is 8.04. The molecule has 0 spiro atoms. The average Bonchev–Trinajstić information content (AvgIpc) is 3.36. The number of ether oxygens (including phenoxy) is 2. The van der Waals surface area contributed by atoms with Gasteiger partial charge in [-0.05, 0) is 67.9 Å². The number of aromatic nitrogens is 1. The summed E-state index contributed by atoms with van der Waals surface area (Å²) in [5, 5.41) is 11.5. The van der Waals surface area contributed by atoms with Gasteiger partial charge in [-0.3, -0.25) is 4.98 Å². The van der Waals surface area contributed by atoms with Gasteiger partial charge >= 0.3 is 5.97 Å². The largest absolute Gasteiger partial charge is 0.511 e. The van der Waals surface area contributed by atoms with Crippen molar-refractivity contribution in [3.05, 3.63) is 69.5 Å². The molecule has 0 saturated heterocycles. The molecular formula is C26H30ClNO4S. The Morgan fingerprint density at radius 3 is 2.73 bits per heavy atom. The minimum absolute atomic E-state index is 0.164. The highest BCUT2D eigenvalue weighted by Crippen LogP contribution is 2.47.